The van der Waals surface area contributed by atoms with E-state index in [2.05, 4.69) is 10.6 Å². The SMILES string of the molecule is COc1ccc(S(=O)(=O)N(CC(=O)Nc2ccccc2C(=O)NCCc2ccccc2)c2ccccc2)cc1. The summed E-state index contributed by atoms with van der Waals surface area (Å²) in [5, 5.41) is 5.59. The summed E-state index contributed by atoms with van der Waals surface area (Å²) in [4.78, 5) is 26.1. The average Bonchev–Trinajstić information content (AvgIpc) is 2.97. The van der Waals surface area contributed by atoms with Gasteiger partial charge in [-0.05, 0) is 60.5 Å². The molecule has 0 radical (unpaired) electrons. The third-order valence-corrected chi connectivity index (χ3v) is 7.75. The van der Waals surface area contributed by atoms with Gasteiger partial charge in [-0.1, -0.05) is 60.7 Å². The van der Waals surface area contributed by atoms with E-state index in [1.807, 2.05) is 30.3 Å². The Labute approximate surface area is 228 Å². The van der Waals surface area contributed by atoms with E-state index in [0.717, 1.165) is 9.87 Å². The Morgan fingerprint density at radius 3 is 2.08 bits per heavy atom. The smallest absolute Gasteiger partial charge is 0.264 e. The van der Waals surface area contributed by atoms with Crippen LogP contribution in [0.25, 0.3) is 0 Å². The molecule has 0 bridgehead atoms. The van der Waals surface area contributed by atoms with Crippen LogP contribution in [0.3, 0.4) is 0 Å². The third kappa shape index (κ3) is 7.03. The molecule has 4 rings (SSSR count). The number of sulfonamides is 1. The second kappa shape index (κ2) is 12.7. The minimum Gasteiger partial charge on any atom is -0.497 e. The summed E-state index contributed by atoms with van der Waals surface area (Å²) in [6.07, 6.45) is 0.663. The largest absolute Gasteiger partial charge is 0.497 e. The van der Waals surface area contributed by atoms with Gasteiger partial charge in [0, 0.05) is 6.54 Å². The van der Waals surface area contributed by atoms with Crippen LogP contribution in [0.15, 0.2) is 114 Å². The second-order valence-corrected chi connectivity index (χ2v) is 10.5. The quantitative estimate of drug-likeness (QED) is 0.290. The van der Waals surface area contributed by atoms with Crippen LogP contribution in [0.4, 0.5) is 11.4 Å². The molecule has 0 aliphatic heterocycles. The first-order chi connectivity index (χ1) is 18.9. The minimum absolute atomic E-state index is 0.0122. The summed E-state index contributed by atoms with van der Waals surface area (Å²) < 4.78 is 33.3. The lowest BCUT2D eigenvalue weighted by Gasteiger charge is -2.24. The maximum absolute atomic E-state index is 13.6. The minimum atomic E-state index is -4.09. The number of carbonyl (C=O) groups is 2. The van der Waals surface area contributed by atoms with Gasteiger partial charge >= 0.3 is 0 Å². The number of hydrogen-bond acceptors (Lipinski definition) is 5. The van der Waals surface area contributed by atoms with Gasteiger partial charge in [-0.2, -0.15) is 0 Å². The number of nitrogens with zero attached hydrogens (tertiary/aromatic N) is 1. The van der Waals surface area contributed by atoms with Gasteiger partial charge in [0.2, 0.25) is 5.91 Å². The second-order valence-electron chi connectivity index (χ2n) is 8.61. The number of anilines is 2. The highest BCUT2D eigenvalue weighted by Crippen LogP contribution is 2.25. The Hall–Kier alpha value is -4.63. The van der Waals surface area contributed by atoms with Gasteiger partial charge in [0.1, 0.15) is 12.3 Å². The van der Waals surface area contributed by atoms with E-state index in [9.17, 15) is 18.0 Å². The molecule has 9 heteroatoms. The zero-order chi connectivity index (χ0) is 27.7. The zero-order valence-corrected chi connectivity index (χ0v) is 22.2. The summed E-state index contributed by atoms with van der Waals surface area (Å²) >= 11 is 0. The van der Waals surface area contributed by atoms with Crippen molar-refractivity contribution in [2.24, 2.45) is 0 Å². The van der Waals surface area contributed by atoms with Crippen LogP contribution >= 0.6 is 0 Å². The average molecular weight is 544 g/mol. The topological polar surface area (TPSA) is 105 Å². The fraction of sp³-hybridized carbons (Fsp3) is 0.133. The van der Waals surface area contributed by atoms with E-state index >= 15 is 0 Å². The lowest BCUT2D eigenvalue weighted by Crippen LogP contribution is -2.38. The third-order valence-electron chi connectivity index (χ3n) is 5.97. The van der Waals surface area contributed by atoms with Gasteiger partial charge in [0.15, 0.2) is 0 Å². The number of rotatable bonds is 11. The fourth-order valence-electron chi connectivity index (χ4n) is 3.95. The normalized spacial score (nSPS) is 10.9. The predicted molar refractivity (Wildman–Crippen MR) is 152 cm³/mol. The highest BCUT2D eigenvalue weighted by molar-refractivity contribution is 7.92. The predicted octanol–water partition coefficient (Wildman–Crippen LogP) is 4.50. The molecule has 0 aromatic heterocycles. The Balaban J connectivity index is 1.50. The van der Waals surface area contributed by atoms with Crippen molar-refractivity contribution in [2.75, 3.05) is 29.8 Å². The van der Waals surface area contributed by atoms with Crippen molar-refractivity contribution in [3.63, 3.8) is 0 Å². The monoisotopic (exact) mass is 543 g/mol. The van der Waals surface area contributed by atoms with E-state index in [1.54, 1.807) is 66.7 Å². The van der Waals surface area contributed by atoms with Crippen molar-refractivity contribution in [3.8, 4) is 5.75 Å². The van der Waals surface area contributed by atoms with Crippen LogP contribution in [0.1, 0.15) is 15.9 Å². The highest BCUT2D eigenvalue weighted by Gasteiger charge is 2.27. The molecule has 0 saturated carbocycles. The number of nitrogens with one attached hydrogen (secondary N) is 2. The molecule has 0 spiro atoms. The molecule has 4 aromatic carbocycles. The Morgan fingerprint density at radius 2 is 1.41 bits per heavy atom. The van der Waals surface area contributed by atoms with Crippen LogP contribution in [0.5, 0.6) is 5.75 Å². The molecule has 0 saturated heterocycles. The van der Waals surface area contributed by atoms with Crippen molar-refractivity contribution in [3.05, 3.63) is 120 Å². The lowest BCUT2D eigenvalue weighted by atomic mass is 10.1. The summed E-state index contributed by atoms with van der Waals surface area (Å²) in [7, 11) is -2.60. The van der Waals surface area contributed by atoms with Gasteiger partial charge in [-0.25, -0.2) is 8.42 Å². The first-order valence-electron chi connectivity index (χ1n) is 12.3. The van der Waals surface area contributed by atoms with Crippen LogP contribution in [0.2, 0.25) is 0 Å². The molecule has 0 aliphatic rings. The van der Waals surface area contributed by atoms with E-state index in [1.165, 1.54) is 19.2 Å². The van der Waals surface area contributed by atoms with Crippen LogP contribution in [0, 0.1) is 0 Å². The molecule has 0 atom stereocenters. The maximum atomic E-state index is 13.6. The van der Waals surface area contributed by atoms with Gasteiger partial charge in [0.25, 0.3) is 15.9 Å². The highest BCUT2D eigenvalue weighted by atomic mass is 32.2. The number of benzene rings is 4. The number of ether oxygens (including phenoxy) is 1. The number of methoxy groups -OCH3 is 1. The molecule has 0 aliphatic carbocycles. The molecule has 39 heavy (non-hydrogen) atoms. The van der Waals surface area contributed by atoms with E-state index in [-0.39, 0.29) is 22.1 Å². The van der Waals surface area contributed by atoms with Crippen LogP contribution < -0.4 is 19.7 Å². The Bertz CT molecular complexity index is 1510. The summed E-state index contributed by atoms with van der Waals surface area (Å²) in [6, 6.07) is 30.7. The van der Waals surface area contributed by atoms with Crippen molar-refractivity contribution < 1.29 is 22.7 Å². The zero-order valence-electron chi connectivity index (χ0n) is 21.4. The standard InChI is InChI=1S/C30H29N3O5S/c1-38-25-16-18-26(19-17-25)39(36,37)33(24-12-6-3-7-13-24)22-29(34)32-28-15-9-8-14-27(28)30(35)31-21-20-23-10-4-2-5-11-23/h2-19H,20-22H2,1H3,(H,31,35)(H,32,34). The molecule has 2 N–H and O–H groups in total. The summed E-state index contributed by atoms with van der Waals surface area (Å²) in [5.74, 6) is -0.426. The van der Waals surface area contributed by atoms with Crippen molar-refractivity contribution in [1.29, 1.82) is 0 Å². The van der Waals surface area contributed by atoms with Crippen molar-refractivity contribution in [2.45, 2.75) is 11.3 Å². The lowest BCUT2D eigenvalue weighted by molar-refractivity contribution is -0.114. The molecular weight excluding hydrogens is 514 g/mol. The number of carbonyl (C=O) groups excluding carboxylic acids is 2. The van der Waals surface area contributed by atoms with E-state index < -0.39 is 22.5 Å². The van der Waals surface area contributed by atoms with Crippen molar-refractivity contribution >= 4 is 33.2 Å². The molecule has 2 amide bonds. The van der Waals surface area contributed by atoms with Crippen LogP contribution in [-0.2, 0) is 21.2 Å². The number of amides is 2. The summed E-state index contributed by atoms with van der Waals surface area (Å²) in [6.45, 7) is -0.0741. The van der Waals surface area contributed by atoms with Gasteiger partial charge in [0.05, 0.1) is 28.9 Å². The maximum Gasteiger partial charge on any atom is 0.264 e. The first kappa shape index (κ1) is 27.4. The molecule has 200 valence electrons. The molecule has 0 fully saturated rings. The molecule has 0 heterocycles. The number of para-hydroxylation sites is 2. The van der Waals surface area contributed by atoms with Gasteiger partial charge < -0.3 is 15.4 Å². The van der Waals surface area contributed by atoms with E-state index in [0.29, 0.717) is 24.4 Å². The van der Waals surface area contributed by atoms with Crippen molar-refractivity contribution in [1.82, 2.24) is 5.32 Å². The fourth-order valence-corrected chi connectivity index (χ4v) is 5.38. The Morgan fingerprint density at radius 1 is 0.795 bits per heavy atom. The molecule has 8 nitrogen and oxygen atoms in total. The summed E-state index contributed by atoms with van der Waals surface area (Å²) in [5.41, 5.74) is 1.99. The Kier molecular flexibility index (Phi) is 8.96. The van der Waals surface area contributed by atoms with E-state index in [4.69, 9.17) is 4.74 Å². The molecular formula is C30H29N3O5S. The molecule has 0 unspecified atom stereocenters. The van der Waals surface area contributed by atoms with Crippen LogP contribution in [-0.4, -0.2) is 40.4 Å². The van der Waals surface area contributed by atoms with Gasteiger partial charge in [-0.15, -0.1) is 0 Å². The number of hydrogen-bond donors (Lipinski definition) is 2. The van der Waals surface area contributed by atoms with Gasteiger partial charge in [-0.3, -0.25) is 13.9 Å². The first-order valence-corrected chi connectivity index (χ1v) is 13.8. The molecule has 4 aromatic rings.